The van der Waals surface area contributed by atoms with Crippen LogP contribution in [0.5, 0.6) is 5.75 Å². The summed E-state index contributed by atoms with van der Waals surface area (Å²) in [5.74, 6) is 1.43. The van der Waals surface area contributed by atoms with E-state index in [-0.39, 0.29) is 29.9 Å². The number of aliphatic imine (C=N–C) groups is 1. The molecule has 0 atom stereocenters. The van der Waals surface area contributed by atoms with Gasteiger partial charge in [0.2, 0.25) is 0 Å². The van der Waals surface area contributed by atoms with E-state index in [2.05, 4.69) is 32.5 Å². The van der Waals surface area contributed by atoms with E-state index in [1.807, 2.05) is 13.0 Å². The highest BCUT2D eigenvalue weighted by Crippen LogP contribution is 2.20. The summed E-state index contributed by atoms with van der Waals surface area (Å²) in [5.41, 5.74) is 2.24. The Bertz CT molecular complexity index is 597. The molecule has 0 unspecified atom stereocenters. The lowest BCUT2D eigenvalue weighted by atomic mass is 10.1. The molecule has 0 aliphatic heterocycles. The van der Waals surface area contributed by atoms with Gasteiger partial charge in [0.1, 0.15) is 5.75 Å². The average molecular weight is 507 g/mol. The Morgan fingerprint density at radius 1 is 1.11 bits per heavy atom. The third-order valence-corrected chi connectivity index (χ3v) is 3.97. The van der Waals surface area contributed by atoms with Crippen molar-refractivity contribution >= 4 is 35.9 Å². The highest BCUT2D eigenvalue weighted by atomic mass is 127. The molecular weight excluding hydrogens is 473 g/mol. The zero-order chi connectivity index (χ0) is 19.9. The van der Waals surface area contributed by atoms with Gasteiger partial charge in [-0.2, -0.15) is 0 Å². The van der Waals surface area contributed by atoms with Crippen molar-refractivity contribution in [2.24, 2.45) is 4.99 Å². The van der Waals surface area contributed by atoms with Crippen molar-refractivity contribution in [3.63, 3.8) is 0 Å². The SMILES string of the molecule is CN=C(NCCCCC(=O)OC)NCc1ccc(C)cc1OCCCOC.I. The van der Waals surface area contributed by atoms with Crippen molar-refractivity contribution in [2.45, 2.75) is 39.2 Å². The first kappa shape index (κ1) is 26.4. The van der Waals surface area contributed by atoms with Crippen LogP contribution in [0.15, 0.2) is 23.2 Å². The van der Waals surface area contributed by atoms with Crippen LogP contribution in [0, 0.1) is 6.92 Å². The van der Waals surface area contributed by atoms with Crippen LogP contribution in [0.1, 0.15) is 36.8 Å². The van der Waals surface area contributed by atoms with Crippen molar-refractivity contribution in [3.05, 3.63) is 29.3 Å². The van der Waals surface area contributed by atoms with Gasteiger partial charge in [-0.05, 0) is 31.4 Å². The molecule has 28 heavy (non-hydrogen) atoms. The number of ether oxygens (including phenoxy) is 3. The van der Waals surface area contributed by atoms with Gasteiger partial charge in [0.05, 0.1) is 13.7 Å². The van der Waals surface area contributed by atoms with Gasteiger partial charge in [0.15, 0.2) is 5.96 Å². The first-order valence-corrected chi connectivity index (χ1v) is 9.33. The monoisotopic (exact) mass is 507 g/mol. The number of guanidine groups is 1. The molecule has 2 N–H and O–H groups in total. The van der Waals surface area contributed by atoms with Gasteiger partial charge in [-0.15, -0.1) is 24.0 Å². The summed E-state index contributed by atoms with van der Waals surface area (Å²) in [6, 6.07) is 6.19. The standard InChI is InChI=1S/C20H33N3O4.HI/c1-16-9-10-17(18(14-16)27-13-7-12-25-3)15-23-20(21-2)22-11-6-5-8-19(24)26-4;/h9-10,14H,5-8,11-13,15H2,1-4H3,(H2,21,22,23);1H. The van der Waals surface area contributed by atoms with Gasteiger partial charge in [-0.25, -0.2) is 0 Å². The average Bonchev–Trinajstić information content (AvgIpc) is 2.68. The molecule has 0 spiro atoms. The van der Waals surface area contributed by atoms with E-state index in [4.69, 9.17) is 9.47 Å². The Kier molecular flexibility index (Phi) is 15.5. The van der Waals surface area contributed by atoms with Crippen LogP contribution in [-0.2, 0) is 20.8 Å². The second kappa shape index (κ2) is 16.4. The molecule has 0 aliphatic rings. The third kappa shape index (κ3) is 11.3. The number of rotatable bonds is 12. The molecule has 0 aliphatic carbocycles. The number of hydrogen-bond acceptors (Lipinski definition) is 5. The second-order valence-corrected chi connectivity index (χ2v) is 6.19. The number of carbonyl (C=O) groups is 1. The zero-order valence-electron chi connectivity index (χ0n) is 17.4. The molecule has 160 valence electrons. The Hall–Kier alpha value is -1.55. The molecule has 8 heteroatoms. The molecule has 1 aromatic carbocycles. The molecule has 7 nitrogen and oxygen atoms in total. The van der Waals surface area contributed by atoms with Crippen molar-refractivity contribution < 1.29 is 19.0 Å². The summed E-state index contributed by atoms with van der Waals surface area (Å²) in [6.07, 6.45) is 2.95. The number of hydrogen-bond donors (Lipinski definition) is 2. The van der Waals surface area contributed by atoms with Gasteiger partial charge >= 0.3 is 5.97 Å². The lowest BCUT2D eigenvalue weighted by Gasteiger charge is -2.15. The van der Waals surface area contributed by atoms with E-state index in [9.17, 15) is 4.79 Å². The van der Waals surface area contributed by atoms with E-state index in [0.717, 1.165) is 48.6 Å². The largest absolute Gasteiger partial charge is 0.493 e. The topological polar surface area (TPSA) is 81.2 Å². The van der Waals surface area contributed by atoms with Crippen molar-refractivity contribution in [1.82, 2.24) is 10.6 Å². The summed E-state index contributed by atoms with van der Waals surface area (Å²) in [7, 11) is 4.84. The number of methoxy groups -OCH3 is 2. The predicted molar refractivity (Wildman–Crippen MR) is 123 cm³/mol. The lowest BCUT2D eigenvalue weighted by Crippen LogP contribution is -2.37. The summed E-state index contributed by atoms with van der Waals surface area (Å²) >= 11 is 0. The summed E-state index contributed by atoms with van der Waals surface area (Å²) in [5, 5.41) is 6.55. The Morgan fingerprint density at radius 2 is 1.89 bits per heavy atom. The van der Waals surface area contributed by atoms with Crippen LogP contribution in [0.4, 0.5) is 0 Å². The number of aryl methyl sites for hydroxylation is 1. The Balaban J connectivity index is 0.00000729. The van der Waals surface area contributed by atoms with Crippen LogP contribution >= 0.6 is 24.0 Å². The van der Waals surface area contributed by atoms with Crippen LogP contribution in [0.2, 0.25) is 0 Å². The maximum atomic E-state index is 11.1. The van der Waals surface area contributed by atoms with E-state index in [1.165, 1.54) is 7.11 Å². The van der Waals surface area contributed by atoms with Crippen molar-refractivity contribution in [1.29, 1.82) is 0 Å². The van der Waals surface area contributed by atoms with E-state index in [0.29, 0.717) is 26.2 Å². The smallest absolute Gasteiger partial charge is 0.305 e. The van der Waals surface area contributed by atoms with Crippen LogP contribution in [0.3, 0.4) is 0 Å². The molecule has 0 bridgehead atoms. The fourth-order valence-electron chi connectivity index (χ4n) is 2.43. The quantitative estimate of drug-likeness (QED) is 0.149. The van der Waals surface area contributed by atoms with Crippen LogP contribution in [0.25, 0.3) is 0 Å². The molecule has 0 fully saturated rings. The summed E-state index contributed by atoms with van der Waals surface area (Å²) < 4.78 is 15.6. The maximum absolute atomic E-state index is 11.1. The molecule has 0 heterocycles. The fraction of sp³-hybridized carbons (Fsp3) is 0.600. The van der Waals surface area contributed by atoms with Gasteiger partial charge in [-0.3, -0.25) is 9.79 Å². The van der Waals surface area contributed by atoms with Gasteiger partial charge in [0.25, 0.3) is 0 Å². The first-order valence-electron chi connectivity index (χ1n) is 9.33. The number of esters is 1. The minimum atomic E-state index is -0.171. The number of nitrogens with zero attached hydrogens (tertiary/aromatic N) is 1. The Morgan fingerprint density at radius 3 is 2.57 bits per heavy atom. The van der Waals surface area contributed by atoms with Gasteiger partial charge in [-0.1, -0.05) is 12.1 Å². The molecule has 0 amide bonds. The molecule has 0 radical (unpaired) electrons. The molecule has 1 aromatic rings. The van der Waals surface area contributed by atoms with Gasteiger partial charge in [0, 0.05) is 52.3 Å². The van der Waals surface area contributed by atoms with E-state index >= 15 is 0 Å². The maximum Gasteiger partial charge on any atom is 0.305 e. The number of benzene rings is 1. The zero-order valence-corrected chi connectivity index (χ0v) is 19.7. The normalized spacial score (nSPS) is 10.8. The number of carbonyl (C=O) groups excluding carboxylic acids is 1. The minimum Gasteiger partial charge on any atom is -0.493 e. The van der Waals surface area contributed by atoms with E-state index < -0.39 is 0 Å². The molecule has 0 saturated heterocycles. The highest BCUT2D eigenvalue weighted by Gasteiger charge is 2.06. The van der Waals surface area contributed by atoms with Crippen molar-refractivity contribution in [3.8, 4) is 5.75 Å². The third-order valence-electron chi connectivity index (χ3n) is 3.97. The molecule has 1 rings (SSSR count). The fourth-order valence-corrected chi connectivity index (χ4v) is 2.43. The second-order valence-electron chi connectivity index (χ2n) is 6.19. The van der Waals surface area contributed by atoms with Crippen molar-refractivity contribution in [2.75, 3.05) is 41.0 Å². The molecular formula is C20H34IN3O4. The first-order chi connectivity index (χ1) is 13.1. The number of unbranched alkanes of at least 4 members (excludes halogenated alkanes) is 1. The van der Waals surface area contributed by atoms with Crippen LogP contribution in [-0.4, -0.2) is 53.0 Å². The lowest BCUT2D eigenvalue weighted by molar-refractivity contribution is -0.140. The molecule has 0 saturated carbocycles. The minimum absolute atomic E-state index is 0. The van der Waals surface area contributed by atoms with E-state index in [1.54, 1.807) is 14.2 Å². The predicted octanol–water partition coefficient (Wildman–Crippen LogP) is 3.04. The van der Waals surface area contributed by atoms with Crippen LogP contribution < -0.4 is 15.4 Å². The molecule has 0 aromatic heterocycles. The van der Waals surface area contributed by atoms with Gasteiger partial charge < -0.3 is 24.8 Å². The highest BCUT2D eigenvalue weighted by molar-refractivity contribution is 14.0. The summed E-state index contributed by atoms with van der Waals surface area (Å²) in [4.78, 5) is 15.3. The summed E-state index contributed by atoms with van der Waals surface area (Å²) in [6.45, 7) is 4.71. The Labute approximate surface area is 185 Å². The number of halogens is 1. The number of nitrogens with one attached hydrogen (secondary N) is 2.